The van der Waals surface area contributed by atoms with Crippen LogP contribution in [0.1, 0.15) is 42.0 Å². The Morgan fingerprint density at radius 1 is 1.14 bits per heavy atom. The highest BCUT2D eigenvalue weighted by Gasteiger charge is 2.35. The molecule has 188 valence electrons. The molecule has 3 atom stereocenters. The number of halogens is 4. The summed E-state index contributed by atoms with van der Waals surface area (Å²) >= 11 is 6.01. The molecule has 0 bridgehead atoms. The number of nitrogens with zero attached hydrogens (tertiary/aromatic N) is 2. The fourth-order valence-corrected chi connectivity index (χ4v) is 3.89. The van der Waals surface area contributed by atoms with Crippen molar-refractivity contribution < 1.29 is 22.7 Å². The van der Waals surface area contributed by atoms with Crippen molar-refractivity contribution in [2.24, 2.45) is 5.92 Å². The van der Waals surface area contributed by atoms with Crippen LogP contribution in [0.15, 0.2) is 66.9 Å². The molecule has 9 heteroatoms. The van der Waals surface area contributed by atoms with E-state index in [2.05, 4.69) is 16.4 Å². The number of nitriles is 1. The van der Waals surface area contributed by atoms with Crippen molar-refractivity contribution in [3.63, 3.8) is 0 Å². The molecule has 1 N–H and O–H groups in total. The van der Waals surface area contributed by atoms with Gasteiger partial charge in [0.15, 0.2) is 0 Å². The highest BCUT2D eigenvalue weighted by molar-refractivity contribution is 6.30. The van der Waals surface area contributed by atoms with Gasteiger partial charge < -0.3 is 10.1 Å². The molecule has 0 aliphatic rings. The van der Waals surface area contributed by atoms with Crippen molar-refractivity contribution in [3.05, 3.63) is 94.1 Å². The predicted octanol–water partition coefficient (Wildman–Crippen LogP) is 6.17. The van der Waals surface area contributed by atoms with Crippen LogP contribution in [-0.2, 0) is 17.4 Å². The highest BCUT2D eigenvalue weighted by atomic mass is 35.5. The summed E-state index contributed by atoms with van der Waals surface area (Å²) in [5.74, 6) is -1.85. The fraction of sp³-hybridized carbons (Fsp3) is 0.296. The van der Waals surface area contributed by atoms with Gasteiger partial charge in [-0.25, -0.2) is 4.98 Å². The van der Waals surface area contributed by atoms with E-state index in [1.54, 1.807) is 37.3 Å². The topological polar surface area (TPSA) is 75.0 Å². The van der Waals surface area contributed by atoms with Gasteiger partial charge in [0, 0.05) is 23.2 Å². The summed E-state index contributed by atoms with van der Waals surface area (Å²) in [5, 5.41) is 12.9. The summed E-state index contributed by atoms with van der Waals surface area (Å²) in [6, 6.07) is 18.4. The monoisotopic (exact) mass is 515 g/mol. The molecule has 3 rings (SSSR count). The van der Waals surface area contributed by atoms with Crippen LogP contribution < -0.4 is 10.1 Å². The Labute approximate surface area is 212 Å². The summed E-state index contributed by atoms with van der Waals surface area (Å²) < 4.78 is 44.8. The van der Waals surface area contributed by atoms with E-state index in [9.17, 15) is 23.2 Å². The third-order valence-electron chi connectivity index (χ3n) is 5.78. The molecule has 1 aromatic heterocycles. The van der Waals surface area contributed by atoms with Crippen LogP contribution in [0.4, 0.5) is 13.2 Å². The van der Waals surface area contributed by atoms with Crippen molar-refractivity contribution in [3.8, 4) is 11.9 Å². The number of aromatic nitrogens is 1. The number of nitrogens with one attached hydrogen (secondary N) is 1. The first-order chi connectivity index (χ1) is 17.1. The summed E-state index contributed by atoms with van der Waals surface area (Å²) in [4.78, 5) is 16.6. The summed E-state index contributed by atoms with van der Waals surface area (Å²) in [6.45, 7) is 3.15. The molecule has 0 spiro atoms. The van der Waals surface area contributed by atoms with Crippen LogP contribution in [0.25, 0.3) is 0 Å². The van der Waals surface area contributed by atoms with Gasteiger partial charge in [0.05, 0.1) is 17.6 Å². The number of alkyl halides is 3. The van der Waals surface area contributed by atoms with Crippen molar-refractivity contribution in [1.82, 2.24) is 10.3 Å². The van der Waals surface area contributed by atoms with Crippen LogP contribution in [0.3, 0.4) is 0 Å². The average Bonchev–Trinajstić information content (AvgIpc) is 2.86. The third-order valence-corrected chi connectivity index (χ3v) is 6.03. The average molecular weight is 516 g/mol. The van der Waals surface area contributed by atoms with Crippen molar-refractivity contribution in [2.75, 3.05) is 6.61 Å². The molecule has 1 amide bonds. The summed E-state index contributed by atoms with van der Waals surface area (Å²) in [6.07, 6.45) is -2.84. The van der Waals surface area contributed by atoms with Crippen molar-refractivity contribution >= 4 is 17.5 Å². The predicted molar refractivity (Wildman–Crippen MR) is 131 cm³/mol. The molecule has 0 aliphatic carbocycles. The number of amides is 1. The second kappa shape index (κ2) is 11.9. The molecule has 3 aromatic rings. The highest BCUT2D eigenvalue weighted by Crippen LogP contribution is 2.34. The normalized spacial score (nSPS) is 13.8. The van der Waals surface area contributed by atoms with Gasteiger partial charge in [-0.3, -0.25) is 4.79 Å². The van der Waals surface area contributed by atoms with E-state index in [0.717, 1.165) is 17.2 Å². The van der Waals surface area contributed by atoms with Crippen LogP contribution in [0.2, 0.25) is 5.02 Å². The number of ether oxygens (including phenoxy) is 1. The van der Waals surface area contributed by atoms with E-state index < -0.39 is 23.5 Å². The lowest BCUT2D eigenvalue weighted by atomic mass is 9.85. The number of hydrogen-bond acceptors (Lipinski definition) is 4. The van der Waals surface area contributed by atoms with Gasteiger partial charge in [-0.1, -0.05) is 42.8 Å². The molecule has 1 heterocycles. The Hall–Kier alpha value is -3.57. The molecule has 0 aliphatic heterocycles. The third kappa shape index (κ3) is 7.22. The van der Waals surface area contributed by atoms with Crippen LogP contribution in [0.5, 0.6) is 5.88 Å². The van der Waals surface area contributed by atoms with E-state index in [0.29, 0.717) is 17.0 Å². The van der Waals surface area contributed by atoms with Crippen LogP contribution in [-0.4, -0.2) is 23.5 Å². The molecule has 0 saturated carbocycles. The van der Waals surface area contributed by atoms with Crippen LogP contribution >= 0.6 is 11.6 Å². The van der Waals surface area contributed by atoms with Gasteiger partial charge in [-0.15, -0.1) is 0 Å². The zero-order valence-corrected chi connectivity index (χ0v) is 20.5. The lowest BCUT2D eigenvalue weighted by Gasteiger charge is -2.27. The lowest BCUT2D eigenvalue weighted by molar-refractivity contribution is -0.139. The maximum atomic E-state index is 13.2. The molecular formula is C27H25ClF3N3O2. The minimum atomic E-state index is -4.61. The second-order valence-corrected chi connectivity index (χ2v) is 8.97. The maximum absolute atomic E-state index is 13.2. The Balaban J connectivity index is 1.72. The first kappa shape index (κ1) is 27.0. The first-order valence-electron chi connectivity index (χ1n) is 11.3. The van der Waals surface area contributed by atoms with Gasteiger partial charge in [-0.2, -0.15) is 18.4 Å². The zero-order chi connectivity index (χ0) is 26.3. The molecular weight excluding hydrogens is 491 g/mol. The van der Waals surface area contributed by atoms with Gasteiger partial charge in [-0.05, 0) is 60.9 Å². The minimum Gasteiger partial charge on any atom is -0.476 e. The van der Waals surface area contributed by atoms with E-state index in [-0.39, 0.29) is 24.5 Å². The zero-order valence-electron chi connectivity index (χ0n) is 19.7. The number of pyridine rings is 1. The van der Waals surface area contributed by atoms with E-state index >= 15 is 0 Å². The minimum absolute atomic E-state index is 0.177. The first-order valence-corrected chi connectivity index (χ1v) is 11.7. The summed E-state index contributed by atoms with van der Waals surface area (Å²) in [5.41, 5.74) is 1.39. The number of carbonyl (C=O) groups excluding carboxylic acids is 1. The Morgan fingerprint density at radius 3 is 2.53 bits per heavy atom. The van der Waals surface area contributed by atoms with Crippen molar-refractivity contribution in [2.45, 2.75) is 38.4 Å². The number of carbonyl (C=O) groups is 1. The number of rotatable bonds is 9. The Morgan fingerprint density at radius 2 is 1.86 bits per heavy atom. The Kier molecular flexibility index (Phi) is 8.94. The SMILES string of the molecule is CC(COc1ncccc1C(F)(F)F)C(=O)N[C@@H](C)[C@@H](Cc1ccc(Cl)cc1)c1cccc(C#N)c1. The molecule has 0 fully saturated rings. The smallest absolute Gasteiger partial charge is 0.421 e. The van der Waals surface area contributed by atoms with E-state index in [1.165, 1.54) is 12.3 Å². The van der Waals surface area contributed by atoms with Gasteiger partial charge in [0.2, 0.25) is 11.8 Å². The van der Waals surface area contributed by atoms with Gasteiger partial charge in [0.1, 0.15) is 12.2 Å². The molecule has 0 radical (unpaired) electrons. The van der Waals surface area contributed by atoms with Gasteiger partial charge in [0.25, 0.3) is 0 Å². The molecule has 36 heavy (non-hydrogen) atoms. The lowest BCUT2D eigenvalue weighted by Crippen LogP contribution is -2.42. The van der Waals surface area contributed by atoms with E-state index in [1.807, 2.05) is 25.1 Å². The van der Waals surface area contributed by atoms with Crippen molar-refractivity contribution in [1.29, 1.82) is 5.26 Å². The van der Waals surface area contributed by atoms with Crippen LogP contribution in [0, 0.1) is 17.2 Å². The molecule has 0 saturated heterocycles. The Bertz CT molecular complexity index is 1230. The second-order valence-electron chi connectivity index (χ2n) is 8.54. The standard InChI is InChI=1S/C27H25ClF3N3O2/c1-17(16-36-26-24(27(29,30)31)7-4-12-33-26)25(35)34-18(2)23(14-19-8-10-22(28)11-9-19)21-6-3-5-20(13-21)15-32/h3-13,17-18,23H,14,16H2,1-2H3,(H,34,35)/t17?,18-,23+/m0/s1. The van der Waals surface area contributed by atoms with Gasteiger partial charge >= 0.3 is 6.18 Å². The quantitative estimate of drug-likeness (QED) is 0.370. The van der Waals surface area contributed by atoms with E-state index in [4.69, 9.17) is 16.3 Å². The number of hydrogen-bond donors (Lipinski definition) is 1. The molecule has 2 aromatic carbocycles. The fourth-order valence-electron chi connectivity index (χ4n) is 3.77. The number of benzene rings is 2. The maximum Gasteiger partial charge on any atom is 0.421 e. The molecule has 5 nitrogen and oxygen atoms in total. The molecule has 1 unspecified atom stereocenters. The summed E-state index contributed by atoms with van der Waals surface area (Å²) in [7, 11) is 0. The largest absolute Gasteiger partial charge is 0.476 e.